The zero-order valence-corrected chi connectivity index (χ0v) is 12.8. The fourth-order valence-electron chi connectivity index (χ4n) is 2.46. The van der Waals surface area contributed by atoms with Crippen LogP contribution in [0.2, 0.25) is 0 Å². The largest absolute Gasteiger partial charge is 0.398 e. The molecule has 0 aliphatic heterocycles. The molecule has 98 valence electrons. The number of nitrogens with one attached hydrogen (secondary N) is 1. The summed E-state index contributed by atoms with van der Waals surface area (Å²) in [5.74, 6) is 0. The van der Waals surface area contributed by atoms with E-state index in [0.717, 1.165) is 26.8 Å². The van der Waals surface area contributed by atoms with E-state index in [1.165, 1.54) is 5.39 Å². The SMILES string of the molecule is CC1(Cl)CC(c2c[nH]c3ccccc23)=C(N)C=C1Br. The minimum atomic E-state index is -0.434. The van der Waals surface area contributed by atoms with Crippen LogP contribution in [0.3, 0.4) is 0 Å². The van der Waals surface area contributed by atoms with Crippen LogP contribution >= 0.6 is 27.5 Å². The summed E-state index contributed by atoms with van der Waals surface area (Å²) in [5, 5.41) is 1.18. The monoisotopic (exact) mass is 336 g/mol. The average Bonchev–Trinajstić information content (AvgIpc) is 2.78. The molecular weight excluding hydrogens is 324 g/mol. The Morgan fingerprint density at radius 1 is 1.37 bits per heavy atom. The van der Waals surface area contributed by atoms with Gasteiger partial charge in [0.1, 0.15) is 0 Å². The Bertz CT molecular complexity index is 710. The predicted octanol–water partition coefficient (Wildman–Crippen LogP) is 4.52. The first-order valence-corrected chi connectivity index (χ1v) is 7.28. The summed E-state index contributed by atoms with van der Waals surface area (Å²) in [4.78, 5) is 2.85. The standard InChI is InChI=1S/C15H14BrClN2/c1-15(17)7-10(12(18)6-14(15)16)11-8-19-13-5-3-2-4-9(11)13/h2-6,8,19H,7,18H2,1H3. The first-order chi connectivity index (χ1) is 8.99. The summed E-state index contributed by atoms with van der Waals surface area (Å²) < 4.78 is 0.933. The number of halogens is 2. The molecule has 1 aliphatic carbocycles. The molecule has 0 saturated carbocycles. The number of hydrogen-bond acceptors (Lipinski definition) is 1. The van der Waals surface area contributed by atoms with Gasteiger partial charge >= 0.3 is 0 Å². The molecule has 1 unspecified atom stereocenters. The third kappa shape index (κ3) is 2.11. The smallest absolute Gasteiger partial charge is 0.0773 e. The Balaban J connectivity index is 2.19. The molecule has 1 aromatic heterocycles. The fraction of sp³-hybridized carbons (Fsp3) is 0.200. The number of aromatic amines is 1. The molecule has 0 spiro atoms. The van der Waals surface area contributed by atoms with Crippen molar-refractivity contribution in [3.05, 3.63) is 52.3 Å². The van der Waals surface area contributed by atoms with Crippen LogP contribution in [0.4, 0.5) is 0 Å². The van der Waals surface area contributed by atoms with Gasteiger partial charge in [-0.05, 0) is 31.1 Å². The number of alkyl halides is 1. The van der Waals surface area contributed by atoms with Gasteiger partial charge in [-0.3, -0.25) is 0 Å². The molecule has 1 aromatic carbocycles. The zero-order valence-electron chi connectivity index (χ0n) is 10.5. The lowest BCUT2D eigenvalue weighted by Crippen LogP contribution is -2.23. The zero-order chi connectivity index (χ0) is 13.6. The van der Waals surface area contributed by atoms with Crippen LogP contribution in [0.5, 0.6) is 0 Å². The molecule has 19 heavy (non-hydrogen) atoms. The van der Waals surface area contributed by atoms with Crippen LogP contribution in [0.25, 0.3) is 16.5 Å². The number of fused-ring (bicyclic) bond motifs is 1. The van der Waals surface area contributed by atoms with Gasteiger partial charge < -0.3 is 10.7 Å². The molecule has 0 saturated heterocycles. The van der Waals surface area contributed by atoms with Gasteiger partial charge in [-0.15, -0.1) is 11.6 Å². The highest BCUT2D eigenvalue weighted by Crippen LogP contribution is 2.44. The Morgan fingerprint density at radius 3 is 2.89 bits per heavy atom. The molecule has 2 aromatic rings. The third-order valence-corrected chi connectivity index (χ3v) is 5.22. The van der Waals surface area contributed by atoms with Crippen molar-refractivity contribution in [2.75, 3.05) is 0 Å². The maximum absolute atomic E-state index is 6.54. The first-order valence-electron chi connectivity index (χ1n) is 6.11. The van der Waals surface area contributed by atoms with Crippen molar-refractivity contribution in [1.82, 2.24) is 4.98 Å². The molecule has 0 amide bonds. The Labute approximate surface area is 125 Å². The minimum absolute atomic E-state index is 0.434. The van der Waals surface area contributed by atoms with E-state index in [2.05, 4.69) is 33.0 Å². The van der Waals surface area contributed by atoms with E-state index in [4.69, 9.17) is 17.3 Å². The molecule has 4 heteroatoms. The number of aromatic nitrogens is 1. The number of H-pyrrole nitrogens is 1. The first kappa shape index (κ1) is 12.8. The van der Waals surface area contributed by atoms with Crippen LogP contribution in [0, 0.1) is 0 Å². The van der Waals surface area contributed by atoms with Crippen LogP contribution in [-0.4, -0.2) is 9.86 Å². The minimum Gasteiger partial charge on any atom is -0.398 e. The highest BCUT2D eigenvalue weighted by atomic mass is 79.9. The summed E-state index contributed by atoms with van der Waals surface area (Å²) in [5.41, 5.74) is 10.3. The molecular formula is C15H14BrClN2. The van der Waals surface area contributed by atoms with Crippen molar-refractivity contribution >= 4 is 44.0 Å². The highest BCUT2D eigenvalue weighted by Gasteiger charge is 2.31. The lowest BCUT2D eigenvalue weighted by molar-refractivity contribution is 0.779. The second-order valence-electron chi connectivity index (χ2n) is 5.05. The topological polar surface area (TPSA) is 41.8 Å². The maximum Gasteiger partial charge on any atom is 0.0773 e. The molecule has 0 fully saturated rings. The van der Waals surface area contributed by atoms with Crippen LogP contribution < -0.4 is 5.73 Å². The molecule has 0 bridgehead atoms. The van der Waals surface area contributed by atoms with Gasteiger partial charge in [0.15, 0.2) is 0 Å². The molecule has 3 rings (SSSR count). The van der Waals surface area contributed by atoms with Crippen molar-refractivity contribution in [2.45, 2.75) is 18.2 Å². The Kier molecular flexibility index (Phi) is 2.99. The van der Waals surface area contributed by atoms with Gasteiger partial charge in [0.2, 0.25) is 0 Å². The van der Waals surface area contributed by atoms with Gasteiger partial charge in [-0.2, -0.15) is 0 Å². The van der Waals surface area contributed by atoms with Crippen LogP contribution in [0.1, 0.15) is 18.9 Å². The molecule has 1 atom stereocenters. The molecule has 0 radical (unpaired) electrons. The normalized spacial score (nSPS) is 23.8. The number of rotatable bonds is 1. The van der Waals surface area contributed by atoms with Gasteiger partial charge in [-0.1, -0.05) is 34.1 Å². The number of allylic oxidation sites excluding steroid dienone is 3. The average molecular weight is 338 g/mol. The second-order valence-corrected chi connectivity index (χ2v) is 6.74. The second kappa shape index (κ2) is 4.43. The van der Waals surface area contributed by atoms with E-state index >= 15 is 0 Å². The van der Waals surface area contributed by atoms with Crippen molar-refractivity contribution in [3.8, 4) is 0 Å². The maximum atomic E-state index is 6.54. The summed E-state index contributed by atoms with van der Waals surface area (Å²) in [6, 6.07) is 8.21. The van der Waals surface area contributed by atoms with Crippen molar-refractivity contribution < 1.29 is 0 Å². The van der Waals surface area contributed by atoms with Crippen molar-refractivity contribution in [2.24, 2.45) is 5.73 Å². The van der Waals surface area contributed by atoms with Crippen LogP contribution in [0.15, 0.2) is 46.7 Å². The third-order valence-electron chi connectivity index (χ3n) is 3.55. The van der Waals surface area contributed by atoms with E-state index in [1.807, 2.05) is 31.3 Å². The summed E-state index contributed by atoms with van der Waals surface area (Å²) >= 11 is 10.0. The number of hydrogen-bond donors (Lipinski definition) is 2. The van der Waals surface area contributed by atoms with E-state index in [9.17, 15) is 0 Å². The molecule has 2 nitrogen and oxygen atoms in total. The summed E-state index contributed by atoms with van der Waals surface area (Å²) in [6.07, 6.45) is 4.62. The van der Waals surface area contributed by atoms with E-state index in [1.54, 1.807) is 0 Å². The van der Waals surface area contributed by atoms with Crippen LogP contribution in [-0.2, 0) is 0 Å². The predicted molar refractivity (Wildman–Crippen MR) is 85.3 cm³/mol. The Hall–Kier alpha value is -1.19. The van der Waals surface area contributed by atoms with Crippen molar-refractivity contribution in [3.63, 3.8) is 0 Å². The van der Waals surface area contributed by atoms with Gasteiger partial charge in [0, 0.05) is 32.8 Å². The molecule has 1 heterocycles. The quantitative estimate of drug-likeness (QED) is 0.738. The van der Waals surface area contributed by atoms with Crippen molar-refractivity contribution in [1.29, 1.82) is 0 Å². The van der Waals surface area contributed by atoms with E-state index in [0.29, 0.717) is 6.42 Å². The van der Waals surface area contributed by atoms with Gasteiger partial charge in [0.05, 0.1) is 4.87 Å². The lowest BCUT2D eigenvalue weighted by Gasteiger charge is -2.28. The van der Waals surface area contributed by atoms with Gasteiger partial charge in [0.25, 0.3) is 0 Å². The van der Waals surface area contributed by atoms with E-state index < -0.39 is 4.87 Å². The number of para-hydroxylation sites is 1. The molecule has 3 N–H and O–H groups in total. The van der Waals surface area contributed by atoms with E-state index in [-0.39, 0.29) is 0 Å². The molecule has 1 aliphatic rings. The fourth-order valence-corrected chi connectivity index (χ4v) is 3.04. The van der Waals surface area contributed by atoms with Gasteiger partial charge in [-0.25, -0.2) is 0 Å². The summed E-state index contributed by atoms with van der Waals surface area (Å²) in [6.45, 7) is 2.00. The Morgan fingerprint density at radius 2 is 2.11 bits per heavy atom. The lowest BCUT2D eigenvalue weighted by atomic mass is 9.88. The summed E-state index contributed by atoms with van der Waals surface area (Å²) in [7, 11) is 0. The number of benzene rings is 1. The number of nitrogens with two attached hydrogens (primary N) is 1. The highest BCUT2D eigenvalue weighted by molar-refractivity contribution is 9.11.